The fourth-order valence-electron chi connectivity index (χ4n) is 2.93. The van der Waals surface area contributed by atoms with E-state index in [-0.39, 0.29) is 12.4 Å². The Balaban J connectivity index is 0.00000162. The van der Waals surface area contributed by atoms with Crippen molar-refractivity contribution in [3.05, 3.63) is 30.1 Å². The van der Waals surface area contributed by atoms with E-state index in [9.17, 15) is 5.11 Å². The normalized spacial score (nSPS) is 27.9. The van der Waals surface area contributed by atoms with Crippen LogP contribution in [0.2, 0.25) is 0 Å². The van der Waals surface area contributed by atoms with Crippen molar-refractivity contribution in [1.29, 1.82) is 0 Å². The fourth-order valence-corrected chi connectivity index (χ4v) is 2.93. The lowest BCUT2D eigenvalue weighted by Gasteiger charge is -2.41. The van der Waals surface area contributed by atoms with Gasteiger partial charge in [0.15, 0.2) is 0 Å². The van der Waals surface area contributed by atoms with Crippen LogP contribution in [0.4, 0.5) is 0 Å². The molecule has 0 radical (unpaired) electrons. The first kappa shape index (κ1) is 15.4. The molecule has 4 heteroatoms. The Labute approximate surface area is 116 Å². The second-order valence-corrected chi connectivity index (χ2v) is 5.37. The number of hydrogen-bond donors (Lipinski definition) is 1. The van der Waals surface area contributed by atoms with Crippen LogP contribution in [0.5, 0.6) is 0 Å². The summed E-state index contributed by atoms with van der Waals surface area (Å²) in [5.74, 6) is 0.327. The van der Waals surface area contributed by atoms with E-state index >= 15 is 0 Å². The van der Waals surface area contributed by atoms with Crippen LogP contribution in [0.15, 0.2) is 24.5 Å². The second-order valence-electron chi connectivity index (χ2n) is 5.37. The second kappa shape index (κ2) is 6.50. The Morgan fingerprint density at radius 1 is 1.33 bits per heavy atom. The van der Waals surface area contributed by atoms with E-state index in [1.54, 1.807) is 12.4 Å². The van der Waals surface area contributed by atoms with Crippen molar-refractivity contribution in [2.24, 2.45) is 5.92 Å². The van der Waals surface area contributed by atoms with Crippen LogP contribution in [0.3, 0.4) is 0 Å². The average molecular weight is 271 g/mol. The van der Waals surface area contributed by atoms with Crippen LogP contribution in [0.1, 0.15) is 31.2 Å². The van der Waals surface area contributed by atoms with E-state index in [4.69, 9.17) is 0 Å². The van der Waals surface area contributed by atoms with E-state index < -0.39 is 5.60 Å². The third-order valence-electron chi connectivity index (χ3n) is 3.80. The number of pyridine rings is 1. The summed E-state index contributed by atoms with van der Waals surface area (Å²) in [6.45, 7) is 0.943. The lowest BCUT2D eigenvalue weighted by Crippen LogP contribution is -2.43. The SMILES string of the molecule is CN(C)CC1CCCCC1(O)c1ccncc1.Cl. The molecule has 102 valence electrons. The molecule has 1 heterocycles. The molecular formula is C14H23ClN2O. The summed E-state index contributed by atoms with van der Waals surface area (Å²) in [6.07, 6.45) is 7.87. The highest BCUT2D eigenvalue weighted by Gasteiger charge is 2.40. The Morgan fingerprint density at radius 3 is 2.61 bits per heavy atom. The zero-order valence-electron chi connectivity index (χ0n) is 11.2. The maximum Gasteiger partial charge on any atom is 0.0937 e. The van der Waals surface area contributed by atoms with Crippen molar-refractivity contribution in [3.63, 3.8) is 0 Å². The summed E-state index contributed by atoms with van der Waals surface area (Å²) >= 11 is 0. The van der Waals surface area contributed by atoms with E-state index in [0.29, 0.717) is 5.92 Å². The summed E-state index contributed by atoms with van der Waals surface area (Å²) in [4.78, 5) is 6.20. The van der Waals surface area contributed by atoms with Crippen molar-refractivity contribution in [3.8, 4) is 0 Å². The first-order chi connectivity index (χ1) is 8.13. The van der Waals surface area contributed by atoms with Gasteiger partial charge < -0.3 is 10.0 Å². The standard InChI is InChI=1S/C14H22N2O.ClH/c1-16(2)11-13-5-3-4-8-14(13,17)12-6-9-15-10-7-12;/h6-7,9-10,13,17H,3-5,8,11H2,1-2H3;1H. The van der Waals surface area contributed by atoms with Crippen LogP contribution in [-0.4, -0.2) is 35.6 Å². The summed E-state index contributed by atoms with van der Waals surface area (Å²) in [6, 6.07) is 3.90. The zero-order valence-corrected chi connectivity index (χ0v) is 12.0. The predicted molar refractivity (Wildman–Crippen MR) is 75.9 cm³/mol. The molecule has 0 saturated heterocycles. The minimum Gasteiger partial charge on any atom is -0.385 e. The first-order valence-corrected chi connectivity index (χ1v) is 6.40. The third-order valence-corrected chi connectivity index (χ3v) is 3.80. The van der Waals surface area contributed by atoms with Crippen LogP contribution >= 0.6 is 12.4 Å². The van der Waals surface area contributed by atoms with Crippen LogP contribution in [0, 0.1) is 5.92 Å². The quantitative estimate of drug-likeness (QED) is 0.917. The lowest BCUT2D eigenvalue weighted by atomic mass is 9.71. The number of aliphatic hydroxyl groups is 1. The average Bonchev–Trinajstić information content (AvgIpc) is 2.33. The van der Waals surface area contributed by atoms with Crippen molar-refractivity contribution >= 4 is 12.4 Å². The maximum absolute atomic E-state index is 11.0. The number of aromatic nitrogens is 1. The van der Waals surface area contributed by atoms with Gasteiger partial charge in [0, 0.05) is 24.9 Å². The van der Waals surface area contributed by atoms with Gasteiger partial charge in [-0.15, -0.1) is 12.4 Å². The Kier molecular flexibility index (Phi) is 5.57. The molecule has 1 N–H and O–H groups in total. The van der Waals surface area contributed by atoms with Gasteiger partial charge in [-0.3, -0.25) is 4.98 Å². The molecule has 3 nitrogen and oxygen atoms in total. The van der Waals surface area contributed by atoms with E-state index in [1.807, 2.05) is 12.1 Å². The van der Waals surface area contributed by atoms with E-state index in [1.165, 1.54) is 6.42 Å². The Morgan fingerprint density at radius 2 is 2.00 bits per heavy atom. The van der Waals surface area contributed by atoms with Crippen molar-refractivity contribution in [1.82, 2.24) is 9.88 Å². The van der Waals surface area contributed by atoms with Crippen molar-refractivity contribution in [2.45, 2.75) is 31.3 Å². The molecule has 2 rings (SSSR count). The van der Waals surface area contributed by atoms with Gasteiger partial charge in [-0.25, -0.2) is 0 Å². The molecule has 2 unspecified atom stereocenters. The highest BCUT2D eigenvalue weighted by Crippen LogP contribution is 2.41. The highest BCUT2D eigenvalue weighted by molar-refractivity contribution is 5.85. The molecule has 1 saturated carbocycles. The van der Waals surface area contributed by atoms with Crippen LogP contribution in [-0.2, 0) is 5.60 Å². The van der Waals surface area contributed by atoms with Gasteiger partial charge in [-0.05, 0) is 44.6 Å². The molecule has 0 aliphatic heterocycles. The molecule has 0 spiro atoms. The lowest BCUT2D eigenvalue weighted by molar-refractivity contribution is -0.0619. The number of nitrogens with zero attached hydrogens (tertiary/aromatic N) is 2. The number of halogens is 1. The summed E-state index contributed by atoms with van der Waals surface area (Å²) in [5.41, 5.74) is 0.366. The molecule has 2 atom stereocenters. The predicted octanol–water partition coefficient (Wildman–Crippen LogP) is 2.44. The van der Waals surface area contributed by atoms with Crippen LogP contribution in [0.25, 0.3) is 0 Å². The van der Waals surface area contributed by atoms with Gasteiger partial charge in [0.2, 0.25) is 0 Å². The topological polar surface area (TPSA) is 36.4 Å². The fraction of sp³-hybridized carbons (Fsp3) is 0.643. The molecule has 0 aromatic carbocycles. The summed E-state index contributed by atoms with van der Waals surface area (Å²) < 4.78 is 0. The molecule has 0 bridgehead atoms. The van der Waals surface area contributed by atoms with Gasteiger partial charge in [0.25, 0.3) is 0 Å². The third kappa shape index (κ3) is 3.22. The van der Waals surface area contributed by atoms with E-state index in [2.05, 4.69) is 24.0 Å². The number of hydrogen-bond acceptors (Lipinski definition) is 3. The molecule has 0 amide bonds. The van der Waals surface area contributed by atoms with Gasteiger partial charge in [-0.1, -0.05) is 12.8 Å². The molecule has 1 aromatic rings. The van der Waals surface area contributed by atoms with Gasteiger partial charge in [0.05, 0.1) is 5.60 Å². The van der Waals surface area contributed by atoms with Gasteiger partial charge in [-0.2, -0.15) is 0 Å². The molecule has 1 aliphatic rings. The largest absolute Gasteiger partial charge is 0.385 e. The molecule has 1 aliphatic carbocycles. The minimum atomic E-state index is -0.661. The summed E-state index contributed by atoms with van der Waals surface area (Å²) in [7, 11) is 4.14. The van der Waals surface area contributed by atoms with Crippen LogP contribution < -0.4 is 0 Å². The van der Waals surface area contributed by atoms with E-state index in [0.717, 1.165) is 31.4 Å². The van der Waals surface area contributed by atoms with Gasteiger partial charge >= 0.3 is 0 Å². The molecule has 1 fully saturated rings. The maximum atomic E-state index is 11.0. The van der Waals surface area contributed by atoms with Crippen molar-refractivity contribution < 1.29 is 5.11 Å². The zero-order chi connectivity index (χ0) is 12.3. The Hall–Kier alpha value is -0.640. The Bertz CT molecular complexity index is 358. The molecule has 18 heavy (non-hydrogen) atoms. The summed E-state index contributed by atoms with van der Waals surface area (Å²) in [5, 5.41) is 11.0. The first-order valence-electron chi connectivity index (χ1n) is 6.40. The minimum absolute atomic E-state index is 0. The molecular weight excluding hydrogens is 248 g/mol. The highest BCUT2D eigenvalue weighted by atomic mass is 35.5. The number of rotatable bonds is 3. The molecule has 1 aromatic heterocycles. The monoisotopic (exact) mass is 270 g/mol. The van der Waals surface area contributed by atoms with Gasteiger partial charge in [0.1, 0.15) is 0 Å². The van der Waals surface area contributed by atoms with Crippen molar-refractivity contribution in [2.75, 3.05) is 20.6 Å². The smallest absolute Gasteiger partial charge is 0.0937 e.